The molecular formula is C14H16ClN3O2. The number of nitrogens with one attached hydrogen (secondary N) is 1. The van der Waals surface area contributed by atoms with Crippen LogP contribution in [0, 0.1) is 10.1 Å². The van der Waals surface area contributed by atoms with Crippen LogP contribution in [0.2, 0.25) is 5.02 Å². The van der Waals surface area contributed by atoms with E-state index >= 15 is 0 Å². The van der Waals surface area contributed by atoms with E-state index in [1.165, 1.54) is 12.1 Å². The molecular weight excluding hydrogens is 278 g/mol. The summed E-state index contributed by atoms with van der Waals surface area (Å²) in [7, 11) is 1.90. The van der Waals surface area contributed by atoms with E-state index in [1.54, 1.807) is 6.07 Å². The maximum atomic E-state index is 10.7. The van der Waals surface area contributed by atoms with Crippen molar-refractivity contribution in [3.63, 3.8) is 0 Å². The molecule has 20 heavy (non-hydrogen) atoms. The molecule has 0 aliphatic heterocycles. The Labute approximate surface area is 122 Å². The van der Waals surface area contributed by atoms with Crippen molar-refractivity contribution in [2.75, 3.05) is 7.05 Å². The Balaban J connectivity index is 2.27. The first kappa shape index (κ1) is 14.6. The van der Waals surface area contributed by atoms with Crippen LogP contribution < -0.4 is 5.32 Å². The van der Waals surface area contributed by atoms with Crippen LogP contribution in [0.1, 0.15) is 24.2 Å². The summed E-state index contributed by atoms with van der Waals surface area (Å²) in [6.07, 6.45) is 1.97. The van der Waals surface area contributed by atoms with Gasteiger partial charge in [0.1, 0.15) is 0 Å². The molecule has 106 valence electrons. The molecule has 1 unspecified atom stereocenters. The minimum atomic E-state index is -0.445. The van der Waals surface area contributed by atoms with Gasteiger partial charge in [0.15, 0.2) is 0 Å². The van der Waals surface area contributed by atoms with Crippen LogP contribution in [-0.2, 0) is 6.54 Å². The van der Waals surface area contributed by atoms with Crippen LogP contribution in [0.25, 0.3) is 0 Å². The summed E-state index contributed by atoms with van der Waals surface area (Å²) in [5.41, 5.74) is 2.01. The third-order valence-corrected chi connectivity index (χ3v) is 3.68. The first-order valence-electron chi connectivity index (χ1n) is 6.28. The first-order valence-corrected chi connectivity index (χ1v) is 6.66. The highest BCUT2D eigenvalue weighted by Gasteiger charge is 2.12. The van der Waals surface area contributed by atoms with E-state index in [1.807, 2.05) is 25.4 Å². The second kappa shape index (κ2) is 6.07. The summed E-state index contributed by atoms with van der Waals surface area (Å²) >= 11 is 6.12. The zero-order chi connectivity index (χ0) is 14.7. The lowest BCUT2D eigenvalue weighted by Crippen LogP contribution is -2.17. The molecule has 0 fully saturated rings. The average Bonchev–Trinajstić information content (AvgIpc) is 2.88. The number of benzene rings is 1. The molecule has 1 atom stereocenters. The third-order valence-electron chi connectivity index (χ3n) is 3.33. The molecule has 1 N–H and O–H groups in total. The Hall–Kier alpha value is -1.85. The van der Waals surface area contributed by atoms with Crippen LogP contribution in [0.15, 0.2) is 36.5 Å². The molecule has 0 saturated carbocycles. The maximum absolute atomic E-state index is 10.7. The van der Waals surface area contributed by atoms with Gasteiger partial charge < -0.3 is 9.88 Å². The van der Waals surface area contributed by atoms with E-state index in [-0.39, 0.29) is 11.7 Å². The van der Waals surface area contributed by atoms with E-state index in [0.29, 0.717) is 11.6 Å². The predicted octanol–water partition coefficient (Wildman–Crippen LogP) is 3.38. The molecule has 0 radical (unpaired) electrons. The normalized spacial score (nSPS) is 12.3. The van der Waals surface area contributed by atoms with Crippen LogP contribution in [0.4, 0.5) is 5.69 Å². The van der Waals surface area contributed by atoms with E-state index in [4.69, 9.17) is 11.6 Å². The van der Waals surface area contributed by atoms with Crippen molar-refractivity contribution in [1.82, 2.24) is 9.88 Å². The molecule has 0 aliphatic rings. The molecule has 6 heteroatoms. The average molecular weight is 294 g/mol. The third kappa shape index (κ3) is 3.00. The van der Waals surface area contributed by atoms with Crippen LogP contribution in [-0.4, -0.2) is 16.5 Å². The Morgan fingerprint density at radius 1 is 1.45 bits per heavy atom. The lowest BCUT2D eigenvalue weighted by atomic mass is 10.2. The van der Waals surface area contributed by atoms with Gasteiger partial charge in [-0.1, -0.05) is 11.6 Å². The summed E-state index contributed by atoms with van der Waals surface area (Å²) in [4.78, 5) is 10.3. The lowest BCUT2D eigenvalue weighted by molar-refractivity contribution is -0.384. The van der Waals surface area contributed by atoms with Crippen molar-refractivity contribution >= 4 is 17.3 Å². The number of hydrogen-bond acceptors (Lipinski definition) is 3. The fourth-order valence-electron chi connectivity index (χ4n) is 2.07. The summed E-state index contributed by atoms with van der Waals surface area (Å²) in [6, 6.07) is 8.81. The minimum absolute atomic E-state index is 0.00933. The standard InChI is InChI=1S/C14H16ClN3O2/c1-10(16-2)14-4-3-7-17(14)9-11-5-6-12(18(19)20)8-13(11)15/h3-8,10,16H,9H2,1-2H3. The first-order chi connectivity index (χ1) is 9.52. The van der Waals surface area contributed by atoms with Crippen LogP contribution in [0.3, 0.4) is 0 Å². The predicted molar refractivity (Wildman–Crippen MR) is 79.1 cm³/mol. The molecule has 2 aromatic rings. The molecule has 0 saturated heterocycles. The van der Waals surface area contributed by atoms with Gasteiger partial charge in [0.2, 0.25) is 0 Å². The van der Waals surface area contributed by atoms with Crippen molar-refractivity contribution in [2.24, 2.45) is 0 Å². The molecule has 0 spiro atoms. The molecule has 1 aromatic carbocycles. The zero-order valence-electron chi connectivity index (χ0n) is 11.3. The monoisotopic (exact) mass is 293 g/mol. The van der Waals surface area contributed by atoms with Gasteiger partial charge in [-0.05, 0) is 37.7 Å². The second-order valence-corrected chi connectivity index (χ2v) is 5.01. The smallest absolute Gasteiger partial charge is 0.270 e. The summed E-state index contributed by atoms with van der Waals surface area (Å²) in [5, 5.41) is 14.3. The molecule has 5 nitrogen and oxygen atoms in total. The van der Waals surface area contributed by atoms with Gasteiger partial charge in [-0.25, -0.2) is 0 Å². The number of rotatable bonds is 5. The summed E-state index contributed by atoms with van der Waals surface area (Å²) in [5.74, 6) is 0. The van der Waals surface area contributed by atoms with E-state index in [9.17, 15) is 10.1 Å². The van der Waals surface area contributed by atoms with Crippen molar-refractivity contribution in [3.8, 4) is 0 Å². The van der Waals surface area contributed by atoms with Gasteiger partial charge in [-0.15, -0.1) is 0 Å². The Kier molecular flexibility index (Phi) is 4.42. The largest absolute Gasteiger partial charge is 0.346 e. The van der Waals surface area contributed by atoms with Crippen molar-refractivity contribution < 1.29 is 4.92 Å². The van der Waals surface area contributed by atoms with Crippen molar-refractivity contribution in [2.45, 2.75) is 19.5 Å². The van der Waals surface area contributed by atoms with Crippen molar-refractivity contribution in [3.05, 3.63) is 62.9 Å². The number of halogens is 1. The van der Waals surface area contributed by atoms with Gasteiger partial charge >= 0.3 is 0 Å². The highest BCUT2D eigenvalue weighted by atomic mass is 35.5. The minimum Gasteiger partial charge on any atom is -0.346 e. The number of aromatic nitrogens is 1. The Bertz CT molecular complexity index is 625. The summed E-state index contributed by atoms with van der Waals surface area (Å²) in [6.45, 7) is 2.66. The fraction of sp³-hybridized carbons (Fsp3) is 0.286. The van der Waals surface area contributed by atoms with Crippen LogP contribution in [0.5, 0.6) is 0 Å². The zero-order valence-corrected chi connectivity index (χ0v) is 12.1. The quantitative estimate of drug-likeness (QED) is 0.679. The second-order valence-electron chi connectivity index (χ2n) is 4.60. The molecule has 2 rings (SSSR count). The highest BCUT2D eigenvalue weighted by molar-refractivity contribution is 6.31. The Morgan fingerprint density at radius 2 is 2.20 bits per heavy atom. The SMILES string of the molecule is CNC(C)c1cccn1Cc1ccc([N+](=O)[O-])cc1Cl. The van der Waals surface area contributed by atoms with Gasteiger partial charge in [0, 0.05) is 36.6 Å². The topological polar surface area (TPSA) is 60.1 Å². The number of nitrogens with zero attached hydrogens (tertiary/aromatic N) is 2. The molecule has 0 aliphatic carbocycles. The number of nitro benzene ring substituents is 1. The van der Waals surface area contributed by atoms with E-state index < -0.39 is 4.92 Å². The van der Waals surface area contributed by atoms with Gasteiger partial charge in [-0.3, -0.25) is 10.1 Å². The van der Waals surface area contributed by atoms with Crippen molar-refractivity contribution in [1.29, 1.82) is 0 Å². The molecule has 0 bridgehead atoms. The van der Waals surface area contributed by atoms with Gasteiger partial charge in [-0.2, -0.15) is 0 Å². The van der Waals surface area contributed by atoms with Crippen LogP contribution >= 0.6 is 11.6 Å². The number of nitro groups is 1. The molecule has 1 heterocycles. The van der Waals surface area contributed by atoms with Gasteiger partial charge in [0.05, 0.1) is 9.95 Å². The molecule has 1 aromatic heterocycles. The number of hydrogen-bond donors (Lipinski definition) is 1. The Morgan fingerprint density at radius 3 is 2.80 bits per heavy atom. The summed E-state index contributed by atoms with van der Waals surface area (Å²) < 4.78 is 2.08. The maximum Gasteiger partial charge on any atom is 0.270 e. The lowest BCUT2D eigenvalue weighted by Gasteiger charge is -2.15. The van der Waals surface area contributed by atoms with Gasteiger partial charge in [0.25, 0.3) is 5.69 Å². The highest BCUT2D eigenvalue weighted by Crippen LogP contribution is 2.24. The van der Waals surface area contributed by atoms with E-state index in [0.717, 1.165) is 11.3 Å². The fourth-order valence-corrected chi connectivity index (χ4v) is 2.31. The molecule has 0 amide bonds. The van der Waals surface area contributed by atoms with E-state index in [2.05, 4.69) is 16.8 Å². The number of non-ortho nitro benzene ring substituents is 1.